The van der Waals surface area contributed by atoms with Crippen molar-refractivity contribution >= 4 is 21.6 Å². The molecule has 2 aromatic carbocycles. The van der Waals surface area contributed by atoms with Crippen molar-refractivity contribution in [3.63, 3.8) is 0 Å². The predicted octanol–water partition coefficient (Wildman–Crippen LogP) is 4.60. The van der Waals surface area contributed by atoms with Crippen LogP contribution in [0.1, 0.15) is 29.8 Å². The van der Waals surface area contributed by atoms with Crippen LogP contribution in [0.25, 0.3) is 15.9 Å². The lowest BCUT2D eigenvalue weighted by atomic mass is 10.0. The Morgan fingerprint density at radius 1 is 1.12 bits per heavy atom. The highest BCUT2D eigenvalue weighted by Crippen LogP contribution is 2.30. The number of nitrogens with zero attached hydrogens (tertiary/aromatic N) is 4. The number of aromatic nitrogens is 3. The number of fused-ring (bicyclic) bond motifs is 2. The van der Waals surface area contributed by atoms with Gasteiger partial charge in [0.05, 0.1) is 27.6 Å². The zero-order chi connectivity index (χ0) is 17.5. The predicted molar refractivity (Wildman–Crippen MR) is 106 cm³/mol. The van der Waals surface area contributed by atoms with Crippen LogP contribution in [0, 0.1) is 0 Å². The van der Waals surface area contributed by atoms with Crippen LogP contribution in [-0.2, 0) is 13.0 Å². The lowest BCUT2D eigenvalue weighted by Gasteiger charge is -2.33. The summed E-state index contributed by atoms with van der Waals surface area (Å²) in [4.78, 5) is 7.00. The Morgan fingerprint density at radius 3 is 2.88 bits per heavy atom. The fourth-order valence-corrected chi connectivity index (χ4v) is 4.48. The van der Waals surface area contributed by atoms with E-state index in [-0.39, 0.29) is 0 Å². The maximum atomic E-state index is 4.65. The summed E-state index contributed by atoms with van der Waals surface area (Å²) in [5.41, 5.74) is 8.18. The number of benzene rings is 2. The maximum Gasteiger partial charge on any atom is 0.0815 e. The molecule has 0 saturated heterocycles. The molecule has 1 aliphatic heterocycles. The molecule has 4 aromatic rings. The molecule has 130 valence electrons. The lowest BCUT2D eigenvalue weighted by Crippen LogP contribution is -2.33. The molecular formula is C21H20N4S. The molecule has 2 aromatic heterocycles. The molecule has 3 heterocycles. The number of hydrogen-bond donors (Lipinski definition) is 0. The molecule has 0 spiro atoms. The van der Waals surface area contributed by atoms with Crippen molar-refractivity contribution in [2.24, 2.45) is 0 Å². The van der Waals surface area contributed by atoms with Crippen LogP contribution in [0.2, 0.25) is 0 Å². The van der Waals surface area contributed by atoms with E-state index in [9.17, 15) is 0 Å². The van der Waals surface area contributed by atoms with Crippen molar-refractivity contribution in [2.45, 2.75) is 25.9 Å². The fraction of sp³-hybridized carbons (Fsp3) is 0.238. The molecular weight excluding hydrogens is 340 g/mol. The standard InChI is InChI=1S/C21H20N4S/c1-15(16-7-8-21-19(11-16)22-14-26-21)24-10-9-20-17(13-24)12-23-25(20)18-5-3-2-4-6-18/h2-8,11-12,14-15H,9-10,13H2,1H3. The van der Waals surface area contributed by atoms with Gasteiger partial charge in [0, 0.05) is 36.8 Å². The summed E-state index contributed by atoms with van der Waals surface area (Å²) in [7, 11) is 0. The Morgan fingerprint density at radius 2 is 2.00 bits per heavy atom. The quantitative estimate of drug-likeness (QED) is 0.535. The molecule has 0 bridgehead atoms. The highest BCUT2D eigenvalue weighted by Gasteiger charge is 2.25. The van der Waals surface area contributed by atoms with Gasteiger partial charge < -0.3 is 0 Å². The highest BCUT2D eigenvalue weighted by molar-refractivity contribution is 7.16. The minimum absolute atomic E-state index is 0.370. The van der Waals surface area contributed by atoms with Crippen LogP contribution in [0.15, 0.2) is 60.2 Å². The van der Waals surface area contributed by atoms with E-state index in [4.69, 9.17) is 0 Å². The first-order chi connectivity index (χ1) is 12.8. The molecule has 0 fully saturated rings. The first-order valence-electron chi connectivity index (χ1n) is 8.98. The largest absolute Gasteiger partial charge is 0.292 e. The van der Waals surface area contributed by atoms with E-state index in [1.807, 2.05) is 17.8 Å². The molecule has 0 aliphatic carbocycles. The first-order valence-corrected chi connectivity index (χ1v) is 9.86. The Kier molecular flexibility index (Phi) is 3.84. The second kappa shape index (κ2) is 6.34. The summed E-state index contributed by atoms with van der Waals surface area (Å²) in [6.07, 6.45) is 3.05. The van der Waals surface area contributed by atoms with E-state index < -0.39 is 0 Å². The maximum absolute atomic E-state index is 4.65. The van der Waals surface area contributed by atoms with Crippen molar-refractivity contribution < 1.29 is 0 Å². The van der Waals surface area contributed by atoms with Crippen LogP contribution in [0.4, 0.5) is 0 Å². The zero-order valence-corrected chi connectivity index (χ0v) is 15.5. The van der Waals surface area contributed by atoms with Gasteiger partial charge in [-0.25, -0.2) is 9.67 Å². The van der Waals surface area contributed by atoms with E-state index >= 15 is 0 Å². The number of hydrogen-bond acceptors (Lipinski definition) is 4. The first kappa shape index (κ1) is 15.7. The third-order valence-electron chi connectivity index (χ3n) is 5.35. The van der Waals surface area contributed by atoms with Crippen LogP contribution >= 0.6 is 11.3 Å². The Bertz CT molecular complexity index is 1050. The van der Waals surface area contributed by atoms with Gasteiger partial charge in [0.2, 0.25) is 0 Å². The topological polar surface area (TPSA) is 34.0 Å². The minimum Gasteiger partial charge on any atom is -0.292 e. The van der Waals surface area contributed by atoms with Crippen molar-refractivity contribution in [1.82, 2.24) is 19.7 Å². The van der Waals surface area contributed by atoms with Crippen molar-refractivity contribution in [1.29, 1.82) is 0 Å². The molecule has 0 N–H and O–H groups in total. The number of para-hydroxylation sites is 1. The van der Waals surface area contributed by atoms with E-state index in [2.05, 4.69) is 69.1 Å². The summed E-state index contributed by atoms with van der Waals surface area (Å²) < 4.78 is 3.35. The molecule has 0 saturated carbocycles. The van der Waals surface area contributed by atoms with Gasteiger partial charge in [-0.3, -0.25) is 4.90 Å². The zero-order valence-electron chi connectivity index (χ0n) is 14.7. The molecule has 1 atom stereocenters. The Labute approximate surface area is 156 Å². The fourth-order valence-electron chi connectivity index (χ4n) is 3.82. The normalized spacial score (nSPS) is 15.9. The van der Waals surface area contributed by atoms with Gasteiger partial charge >= 0.3 is 0 Å². The van der Waals surface area contributed by atoms with Gasteiger partial charge in [0.25, 0.3) is 0 Å². The Hall–Kier alpha value is -2.50. The molecule has 5 rings (SSSR count). The SMILES string of the molecule is CC(c1ccc2scnc2c1)N1CCc2c(cnn2-c2ccccc2)C1. The Balaban J connectivity index is 1.41. The molecule has 1 unspecified atom stereocenters. The molecule has 0 radical (unpaired) electrons. The molecule has 26 heavy (non-hydrogen) atoms. The third-order valence-corrected chi connectivity index (χ3v) is 6.16. The summed E-state index contributed by atoms with van der Waals surface area (Å²) in [6.45, 7) is 4.28. The van der Waals surface area contributed by atoms with E-state index in [1.165, 1.54) is 21.5 Å². The average Bonchev–Trinajstić information content (AvgIpc) is 3.33. The summed E-state index contributed by atoms with van der Waals surface area (Å²) >= 11 is 1.70. The van der Waals surface area contributed by atoms with E-state index in [0.717, 1.165) is 30.7 Å². The van der Waals surface area contributed by atoms with E-state index in [1.54, 1.807) is 11.3 Å². The molecule has 1 aliphatic rings. The van der Waals surface area contributed by atoms with Crippen molar-refractivity contribution in [3.05, 3.63) is 77.1 Å². The number of thiazole rings is 1. The van der Waals surface area contributed by atoms with Crippen LogP contribution in [-0.4, -0.2) is 26.2 Å². The van der Waals surface area contributed by atoms with Gasteiger partial charge in [-0.2, -0.15) is 5.10 Å². The van der Waals surface area contributed by atoms with Gasteiger partial charge in [-0.1, -0.05) is 24.3 Å². The highest BCUT2D eigenvalue weighted by atomic mass is 32.1. The van der Waals surface area contributed by atoms with Gasteiger partial charge in [-0.05, 0) is 36.8 Å². The van der Waals surface area contributed by atoms with Gasteiger partial charge in [-0.15, -0.1) is 11.3 Å². The number of rotatable bonds is 3. The molecule has 5 heteroatoms. The lowest BCUT2D eigenvalue weighted by molar-refractivity contribution is 0.191. The van der Waals surface area contributed by atoms with Crippen LogP contribution in [0.3, 0.4) is 0 Å². The second-order valence-corrected chi connectivity index (χ2v) is 7.73. The van der Waals surface area contributed by atoms with Crippen LogP contribution in [0.5, 0.6) is 0 Å². The average molecular weight is 360 g/mol. The summed E-state index contributed by atoms with van der Waals surface area (Å²) in [6, 6.07) is 17.5. The van der Waals surface area contributed by atoms with Gasteiger partial charge in [0.1, 0.15) is 0 Å². The van der Waals surface area contributed by atoms with Crippen molar-refractivity contribution in [2.75, 3.05) is 6.54 Å². The monoisotopic (exact) mass is 360 g/mol. The van der Waals surface area contributed by atoms with E-state index in [0.29, 0.717) is 6.04 Å². The van der Waals surface area contributed by atoms with Gasteiger partial charge in [0.15, 0.2) is 0 Å². The van der Waals surface area contributed by atoms with Crippen molar-refractivity contribution in [3.8, 4) is 5.69 Å². The molecule has 0 amide bonds. The second-order valence-electron chi connectivity index (χ2n) is 6.84. The summed E-state index contributed by atoms with van der Waals surface area (Å²) in [5.74, 6) is 0. The van der Waals surface area contributed by atoms with Crippen LogP contribution < -0.4 is 0 Å². The third kappa shape index (κ3) is 2.64. The molecule has 4 nitrogen and oxygen atoms in total. The smallest absolute Gasteiger partial charge is 0.0815 e. The minimum atomic E-state index is 0.370. The summed E-state index contributed by atoms with van der Waals surface area (Å²) in [5, 5.41) is 4.65.